The van der Waals surface area contributed by atoms with E-state index in [1.807, 2.05) is 13.0 Å². The van der Waals surface area contributed by atoms with Crippen LogP contribution in [0.1, 0.15) is 25.1 Å². The molecular weight excluding hydrogens is 154 g/mol. The zero-order valence-electron chi connectivity index (χ0n) is 7.32. The average Bonchev–Trinajstić information content (AvgIpc) is 2.17. The van der Waals surface area contributed by atoms with E-state index in [2.05, 4.69) is 10.2 Å². The zero-order valence-corrected chi connectivity index (χ0v) is 7.32. The Labute approximate surface area is 71.8 Å². The van der Waals surface area contributed by atoms with E-state index >= 15 is 0 Å². The molecule has 0 radical (unpaired) electrons. The fraction of sp³-hybridized carbons (Fsp3) is 0.500. The van der Waals surface area contributed by atoms with Crippen LogP contribution in [0.15, 0.2) is 12.1 Å². The predicted octanol–water partition coefficient (Wildman–Crippen LogP) is 0.895. The smallest absolute Gasteiger partial charge is 0.233 e. The molecule has 4 nitrogen and oxygen atoms in total. The summed E-state index contributed by atoms with van der Waals surface area (Å²) in [6.45, 7) is 2.01. The maximum atomic E-state index is 5.74. The van der Waals surface area contributed by atoms with E-state index in [9.17, 15) is 0 Å². The molecule has 2 N–H and O–H groups in total. The van der Waals surface area contributed by atoms with Gasteiger partial charge in [-0.15, -0.1) is 5.10 Å². The van der Waals surface area contributed by atoms with E-state index in [1.165, 1.54) is 0 Å². The first-order valence-corrected chi connectivity index (χ1v) is 3.91. The largest absolute Gasteiger partial charge is 0.480 e. The number of nitrogens with two attached hydrogens (primary N) is 1. The standard InChI is InChI=1S/C8H13N3O/c1-3-6(9)7-4-5-8(12-2)11-10-7/h4-6H,3,9H2,1-2H3/t6-/m0/s1. The van der Waals surface area contributed by atoms with Crippen LogP contribution in [0, 0.1) is 0 Å². The predicted molar refractivity (Wildman–Crippen MR) is 45.8 cm³/mol. The number of hydrogen-bond donors (Lipinski definition) is 1. The highest BCUT2D eigenvalue weighted by molar-refractivity contribution is 5.13. The Bertz CT molecular complexity index is 235. The SMILES string of the molecule is CC[C@H](N)c1ccc(OC)nn1. The minimum absolute atomic E-state index is 0.0246. The van der Waals surface area contributed by atoms with E-state index in [0.29, 0.717) is 5.88 Å². The maximum Gasteiger partial charge on any atom is 0.233 e. The van der Waals surface area contributed by atoms with Crippen molar-refractivity contribution >= 4 is 0 Å². The summed E-state index contributed by atoms with van der Waals surface area (Å²) < 4.78 is 4.87. The van der Waals surface area contributed by atoms with Crippen LogP contribution in [0.25, 0.3) is 0 Å². The highest BCUT2D eigenvalue weighted by atomic mass is 16.5. The lowest BCUT2D eigenvalue weighted by Gasteiger charge is -2.06. The first kappa shape index (κ1) is 8.93. The summed E-state index contributed by atoms with van der Waals surface area (Å²) in [7, 11) is 1.56. The van der Waals surface area contributed by atoms with Crippen LogP contribution in [-0.4, -0.2) is 17.3 Å². The van der Waals surface area contributed by atoms with Crippen LogP contribution < -0.4 is 10.5 Å². The van der Waals surface area contributed by atoms with Crippen molar-refractivity contribution in [3.05, 3.63) is 17.8 Å². The molecule has 0 amide bonds. The van der Waals surface area contributed by atoms with E-state index < -0.39 is 0 Å². The van der Waals surface area contributed by atoms with Gasteiger partial charge in [0.2, 0.25) is 5.88 Å². The van der Waals surface area contributed by atoms with E-state index in [4.69, 9.17) is 10.5 Å². The van der Waals surface area contributed by atoms with E-state index in [0.717, 1.165) is 12.1 Å². The number of rotatable bonds is 3. The molecule has 0 aliphatic carbocycles. The van der Waals surface area contributed by atoms with Gasteiger partial charge in [0.15, 0.2) is 0 Å². The van der Waals surface area contributed by atoms with Gasteiger partial charge in [0.05, 0.1) is 12.8 Å². The molecule has 12 heavy (non-hydrogen) atoms. The summed E-state index contributed by atoms with van der Waals surface area (Å²) in [4.78, 5) is 0. The van der Waals surface area contributed by atoms with Gasteiger partial charge in [-0.3, -0.25) is 0 Å². The second-order valence-electron chi connectivity index (χ2n) is 2.52. The lowest BCUT2D eigenvalue weighted by molar-refractivity contribution is 0.390. The second kappa shape index (κ2) is 4.01. The third kappa shape index (κ3) is 1.92. The van der Waals surface area contributed by atoms with Crippen molar-refractivity contribution in [1.29, 1.82) is 0 Å². The molecule has 0 saturated heterocycles. The highest BCUT2D eigenvalue weighted by Crippen LogP contribution is 2.11. The topological polar surface area (TPSA) is 61.0 Å². The molecule has 0 aliphatic rings. The maximum absolute atomic E-state index is 5.74. The van der Waals surface area contributed by atoms with Crippen molar-refractivity contribution in [2.45, 2.75) is 19.4 Å². The number of hydrogen-bond acceptors (Lipinski definition) is 4. The van der Waals surface area contributed by atoms with Crippen LogP contribution >= 0.6 is 0 Å². The fourth-order valence-corrected chi connectivity index (χ4v) is 0.846. The van der Waals surface area contributed by atoms with Gasteiger partial charge in [-0.2, -0.15) is 5.10 Å². The van der Waals surface area contributed by atoms with Gasteiger partial charge < -0.3 is 10.5 Å². The molecule has 0 bridgehead atoms. The summed E-state index contributed by atoms with van der Waals surface area (Å²) in [5.41, 5.74) is 6.55. The summed E-state index contributed by atoms with van der Waals surface area (Å²) in [5.74, 6) is 0.516. The number of ether oxygens (including phenoxy) is 1. The van der Waals surface area contributed by atoms with Crippen LogP contribution in [0.5, 0.6) is 5.88 Å². The fourth-order valence-electron chi connectivity index (χ4n) is 0.846. The van der Waals surface area contributed by atoms with Crippen molar-refractivity contribution in [2.75, 3.05) is 7.11 Å². The van der Waals surface area contributed by atoms with Crippen LogP contribution in [0.3, 0.4) is 0 Å². The van der Waals surface area contributed by atoms with Crippen molar-refractivity contribution in [3.8, 4) is 5.88 Å². The third-order valence-electron chi connectivity index (χ3n) is 1.69. The van der Waals surface area contributed by atoms with Gasteiger partial charge in [-0.05, 0) is 12.5 Å². The van der Waals surface area contributed by atoms with Crippen molar-refractivity contribution in [2.24, 2.45) is 5.73 Å². The average molecular weight is 167 g/mol. The second-order valence-corrected chi connectivity index (χ2v) is 2.52. The molecule has 0 unspecified atom stereocenters. The van der Waals surface area contributed by atoms with E-state index in [-0.39, 0.29) is 6.04 Å². The lowest BCUT2D eigenvalue weighted by Crippen LogP contribution is -2.11. The molecule has 0 aliphatic heterocycles. The number of nitrogens with zero attached hydrogens (tertiary/aromatic N) is 2. The lowest BCUT2D eigenvalue weighted by atomic mass is 10.2. The van der Waals surface area contributed by atoms with Crippen molar-refractivity contribution in [1.82, 2.24) is 10.2 Å². The molecule has 1 aromatic rings. The summed E-state index contributed by atoms with van der Waals surface area (Å²) in [6.07, 6.45) is 0.862. The monoisotopic (exact) mass is 167 g/mol. The molecule has 66 valence electrons. The third-order valence-corrected chi connectivity index (χ3v) is 1.69. The number of methoxy groups -OCH3 is 1. The van der Waals surface area contributed by atoms with Crippen molar-refractivity contribution < 1.29 is 4.74 Å². The molecule has 0 saturated carbocycles. The van der Waals surface area contributed by atoms with Crippen LogP contribution in [-0.2, 0) is 0 Å². The first-order valence-electron chi connectivity index (χ1n) is 3.91. The van der Waals surface area contributed by atoms with Crippen molar-refractivity contribution in [3.63, 3.8) is 0 Å². The first-order chi connectivity index (χ1) is 5.77. The Morgan fingerprint density at radius 1 is 1.50 bits per heavy atom. The van der Waals surface area contributed by atoms with E-state index in [1.54, 1.807) is 13.2 Å². The molecule has 1 rings (SSSR count). The van der Waals surface area contributed by atoms with Gasteiger partial charge in [-0.25, -0.2) is 0 Å². The minimum Gasteiger partial charge on any atom is -0.480 e. The Balaban J connectivity index is 2.77. The number of aromatic nitrogens is 2. The molecule has 1 aromatic heterocycles. The minimum atomic E-state index is -0.0246. The Hall–Kier alpha value is -1.16. The summed E-state index contributed by atoms with van der Waals surface area (Å²) >= 11 is 0. The van der Waals surface area contributed by atoms with Gasteiger partial charge >= 0.3 is 0 Å². The molecular formula is C8H13N3O. The Kier molecular flexibility index (Phi) is 2.99. The highest BCUT2D eigenvalue weighted by Gasteiger charge is 2.04. The molecule has 0 fully saturated rings. The zero-order chi connectivity index (χ0) is 8.97. The summed E-state index contributed by atoms with van der Waals surface area (Å²) in [6, 6.07) is 3.57. The quantitative estimate of drug-likeness (QED) is 0.726. The van der Waals surface area contributed by atoms with Gasteiger partial charge in [0, 0.05) is 12.1 Å². The van der Waals surface area contributed by atoms with Gasteiger partial charge in [0.25, 0.3) is 0 Å². The Morgan fingerprint density at radius 3 is 2.67 bits per heavy atom. The van der Waals surface area contributed by atoms with Gasteiger partial charge in [-0.1, -0.05) is 6.92 Å². The molecule has 1 heterocycles. The van der Waals surface area contributed by atoms with Crippen LogP contribution in [0.2, 0.25) is 0 Å². The van der Waals surface area contributed by atoms with Gasteiger partial charge in [0.1, 0.15) is 0 Å². The molecule has 4 heteroatoms. The molecule has 1 atom stereocenters. The molecule has 0 aromatic carbocycles. The summed E-state index contributed by atoms with van der Waals surface area (Å²) in [5, 5.41) is 7.73. The van der Waals surface area contributed by atoms with Crippen LogP contribution in [0.4, 0.5) is 0 Å². The normalized spacial score (nSPS) is 12.6. The molecule has 0 spiro atoms. The Morgan fingerprint density at radius 2 is 2.25 bits per heavy atom.